The molecule has 0 radical (unpaired) electrons. The van der Waals surface area contributed by atoms with Crippen LogP contribution in [0.5, 0.6) is 11.5 Å². The van der Waals surface area contributed by atoms with Gasteiger partial charge < -0.3 is 24.7 Å². The van der Waals surface area contributed by atoms with Crippen molar-refractivity contribution in [2.24, 2.45) is 5.92 Å². The number of fused-ring (bicyclic) bond motifs is 1. The number of methoxy groups -OCH3 is 2. The van der Waals surface area contributed by atoms with E-state index in [0.29, 0.717) is 5.75 Å². The van der Waals surface area contributed by atoms with Gasteiger partial charge >= 0.3 is 0 Å². The molecule has 1 aliphatic rings. The lowest BCUT2D eigenvalue weighted by atomic mass is 10.2. The van der Waals surface area contributed by atoms with Crippen LogP contribution >= 0.6 is 0 Å². The van der Waals surface area contributed by atoms with Gasteiger partial charge in [0.05, 0.1) is 31.6 Å². The Labute approximate surface area is 152 Å². The molecule has 7 nitrogen and oxygen atoms in total. The maximum Gasteiger partial charge on any atom is 0.203 e. The number of rotatable bonds is 7. The average molecular weight is 353 g/mol. The summed E-state index contributed by atoms with van der Waals surface area (Å²) in [5.41, 5.74) is 2.80. The molecule has 26 heavy (non-hydrogen) atoms. The SMILES string of the molecule is CNc1nc2cnc(Nc3ccc(OC)cc3OC)cc2n1CC1CC1. The highest BCUT2D eigenvalue weighted by molar-refractivity contribution is 5.81. The van der Waals surface area contributed by atoms with Crippen molar-refractivity contribution in [3.63, 3.8) is 0 Å². The number of nitrogens with zero attached hydrogens (tertiary/aromatic N) is 3. The molecule has 0 bridgehead atoms. The Hall–Kier alpha value is -2.96. The third-order valence-corrected chi connectivity index (χ3v) is 4.67. The third-order valence-electron chi connectivity index (χ3n) is 4.67. The van der Waals surface area contributed by atoms with Crippen LogP contribution in [-0.2, 0) is 6.54 Å². The van der Waals surface area contributed by atoms with Gasteiger partial charge in [0.15, 0.2) is 0 Å². The van der Waals surface area contributed by atoms with E-state index in [1.165, 1.54) is 12.8 Å². The van der Waals surface area contributed by atoms with Crippen LogP contribution in [0.1, 0.15) is 12.8 Å². The molecule has 2 heterocycles. The van der Waals surface area contributed by atoms with Crippen LogP contribution in [0, 0.1) is 5.92 Å². The summed E-state index contributed by atoms with van der Waals surface area (Å²) >= 11 is 0. The molecule has 0 atom stereocenters. The van der Waals surface area contributed by atoms with Crippen molar-refractivity contribution in [2.45, 2.75) is 19.4 Å². The third kappa shape index (κ3) is 3.12. The molecule has 0 spiro atoms. The molecule has 3 aromatic rings. The second-order valence-corrected chi connectivity index (χ2v) is 6.49. The minimum atomic E-state index is 0.702. The quantitative estimate of drug-likeness (QED) is 0.675. The minimum Gasteiger partial charge on any atom is -0.497 e. The fourth-order valence-electron chi connectivity index (χ4n) is 3.07. The fraction of sp³-hybridized carbons (Fsp3) is 0.368. The zero-order valence-corrected chi connectivity index (χ0v) is 15.2. The smallest absolute Gasteiger partial charge is 0.203 e. The summed E-state index contributed by atoms with van der Waals surface area (Å²) in [6, 6.07) is 7.69. The van der Waals surface area contributed by atoms with Crippen molar-refractivity contribution in [1.29, 1.82) is 0 Å². The lowest BCUT2D eigenvalue weighted by Crippen LogP contribution is -2.05. The maximum atomic E-state index is 5.46. The molecule has 136 valence electrons. The number of imidazole rings is 1. The summed E-state index contributed by atoms with van der Waals surface area (Å²) in [6.07, 6.45) is 4.39. The first-order valence-electron chi connectivity index (χ1n) is 8.75. The van der Waals surface area contributed by atoms with Crippen molar-refractivity contribution in [2.75, 3.05) is 31.9 Å². The van der Waals surface area contributed by atoms with Gasteiger partial charge in [0.25, 0.3) is 0 Å². The van der Waals surface area contributed by atoms with Gasteiger partial charge in [0.2, 0.25) is 5.95 Å². The van der Waals surface area contributed by atoms with Crippen molar-refractivity contribution < 1.29 is 9.47 Å². The van der Waals surface area contributed by atoms with Crippen molar-refractivity contribution in [1.82, 2.24) is 14.5 Å². The predicted molar refractivity (Wildman–Crippen MR) is 103 cm³/mol. The zero-order valence-electron chi connectivity index (χ0n) is 15.2. The summed E-state index contributed by atoms with van der Waals surface area (Å²) < 4.78 is 12.9. The summed E-state index contributed by atoms with van der Waals surface area (Å²) in [4.78, 5) is 9.14. The highest BCUT2D eigenvalue weighted by atomic mass is 16.5. The van der Waals surface area contributed by atoms with E-state index in [1.54, 1.807) is 20.4 Å². The zero-order chi connectivity index (χ0) is 18.1. The van der Waals surface area contributed by atoms with Gasteiger partial charge in [0, 0.05) is 25.7 Å². The second kappa shape index (κ2) is 6.74. The van der Waals surface area contributed by atoms with Crippen LogP contribution in [-0.4, -0.2) is 35.8 Å². The number of hydrogen-bond acceptors (Lipinski definition) is 6. The summed E-state index contributed by atoms with van der Waals surface area (Å²) in [6.45, 7) is 0.988. The fourth-order valence-corrected chi connectivity index (χ4v) is 3.07. The minimum absolute atomic E-state index is 0.702. The Morgan fingerprint density at radius 1 is 1.19 bits per heavy atom. The highest BCUT2D eigenvalue weighted by Crippen LogP contribution is 2.35. The van der Waals surface area contributed by atoms with E-state index < -0.39 is 0 Å². The monoisotopic (exact) mass is 353 g/mol. The van der Waals surface area contributed by atoms with Gasteiger partial charge in [-0.15, -0.1) is 0 Å². The molecule has 0 saturated heterocycles. The molecular weight excluding hydrogens is 330 g/mol. The van der Waals surface area contributed by atoms with E-state index in [4.69, 9.17) is 9.47 Å². The first kappa shape index (κ1) is 16.5. The highest BCUT2D eigenvalue weighted by Gasteiger charge is 2.24. The summed E-state index contributed by atoms with van der Waals surface area (Å²) in [7, 11) is 5.18. The summed E-state index contributed by atoms with van der Waals surface area (Å²) in [5.74, 6) is 3.84. The molecule has 0 amide bonds. The van der Waals surface area contributed by atoms with Crippen LogP contribution in [0.15, 0.2) is 30.5 Å². The molecule has 2 aromatic heterocycles. The molecule has 1 saturated carbocycles. The van der Waals surface area contributed by atoms with Crippen LogP contribution in [0.4, 0.5) is 17.5 Å². The molecule has 0 aliphatic heterocycles. The first-order valence-corrected chi connectivity index (χ1v) is 8.75. The lowest BCUT2D eigenvalue weighted by molar-refractivity contribution is 0.395. The van der Waals surface area contributed by atoms with Crippen molar-refractivity contribution >= 4 is 28.5 Å². The van der Waals surface area contributed by atoms with E-state index >= 15 is 0 Å². The average Bonchev–Trinajstić information content (AvgIpc) is 3.43. The molecule has 4 rings (SSSR count). The van der Waals surface area contributed by atoms with Crippen LogP contribution in [0.25, 0.3) is 11.0 Å². The number of anilines is 3. The van der Waals surface area contributed by atoms with Crippen LogP contribution in [0.3, 0.4) is 0 Å². The first-order chi connectivity index (χ1) is 12.7. The Bertz CT molecular complexity index is 933. The molecule has 2 N–H and O–H groups in total. The molecule has 0 unspecified atom stereocenters. The lowest BCUT2D eigenvalue weighted by Gasteiger charge is -2.12. The summed E-state index contributed by atoms with van der Waals surface area (Å²) in [5, 5.41) is 6.53. The number of pyridine rings is 1. The topological polar surface area (TPSA) is 73.2 Å². The van der Waals surface area contributed by atoms with Gasteiger partial charge in [-0.1, -0.05) is 0 Å². The van der Waals surface area contributed by atoms with Gasteiger partial charge in [-0.2, -0.15) is 0 Å². The number of ether oxygens (including phenoxy) is 2. The van der Waals surface area contributed by atoms with Crippen molar-refractivity contribution in [3.05, 3.63) is 30.5 Å². The van der Waals surface area contributed by atoms with E-state index in [0.717, 1.165) is 46.7 Å². The molecular formula is C19H23N5O2. The Balaban J connectivity index is 1.68. The Kier molecular flexibility index (Phi) is 4.28. The number of benzene rings is 1. The van der Waals surface area contributed by atoms with Crippen LogP contribution in [0.2, 0.25) is 0 Å². The molecule has 1 aliphatic carbocycles. The van der Waals surface area contributed by atoms with Gasteiger partial charge in [0.1, 0.15) is 22.8 Å². The predicted octanol–water partition coefficient (Wildman–Crippen LogP) is 3.64. The van der Waals surface area contributed by atoms with E-state index in [1.807, 2.05) is 31.3 Å². The normalized spacial score (nSPS) is 13.7. The maximum absolute atomic E-state index is 5.46. The van der Waals surface area contributed by atoms with Gasteiger partial charge in [-0.05, 0) is 30.9 Å². The van der Waals surface area contributed by atoms with Crippen LogP contribution < -0.4 is 20.1 Å². The molecule has 1 aromatic carbocycles. The number of aromatic nitrogens is 3. The second-order valence-electron chi connectivity index (χ2n) is 6.49. The van der Waals surface area contributed by atoms with Crippen molar-refractivity contribution in [3.8, 4) is 11.5 Å². The van der Waals surface area contributed by atoms with Gasteiger partial charge in [-0.25, -0.2) is 9.97 Å². The largest absolute Gasteiger partial charge is 0.497 e. The van der Waals surface area contributed by atoms with E-state index in [2.05, 4.69) is 25.2 Å². The Morgan fingerprint density at radius 3 is 2.73 bits per heavy atom. The van der Waals surface area contributed by atoms with E-state index in [-0.39, 0.29) is 0 Å². The van der Waals surface area contributed by atoms with Gasteiger partial charge in [-0.3, -0.25) is 0 Å². The standard InChI is InChI=1S/C19H23N5O2/c1-20-19-23-15-10-21-18(9-16(15)24(19)11-12-4-5-12)22-14-7-6-13(25-2)8-17(14)26-3/h6-10,12H,4-5,11H2,1-3H3,(H,20,23)(H,21,22). The Morgan fingerprint density at radius 2 is 2.04 bits per heavy atom. The number of nitrogens with one attached hydrogen (secondary N) is 2. The molecule has 1 fully saturated rings. The van der Waals surface area contributed by atoms with E-state index in [9.17, 15) is 0 Å². The molecule has 7 heteroatoms. The number of hydrogen-bond donors (Lipinski definition) is 2.